The Hall–Kier alpha value is -2.93. The highest BCUT2D eigenvalue weighted by Gasteiger charge is 2.14. The molecule has 0 fully saturated rings. The zero-order chi connectivity index (χ0) is 17.6. The van der Waals surface area contributed by atoms with E-state index in [1.165, 1.54) is 21.5 Å². The van der Waals surface area contributed by atoms with Crippen molar-refractivity contribution >= 4 is 43.7 Å². The molecule has 25 heavy (non-hydrogen) atoms. The van der Waals surface area contributed by atoms with Crippen molar-refractivity contribution in [1.82, 2.24) is 9.55 Å². The molecule has 126 valence electrons. The summed E-state index contributed by atoms with van der Waals surface area (Å²) in [7, 11) is 0. The summed E-state index contributed by atoms with van der Waals surface area (Å²) in [5.74, 6) is -0.868. The number of fused-ring (bicyclic) bond motifs is 2. The predicted molar refractivity (Wildman–Crippen MR) is 98.2 cm³/mol. The van der Waals surface area contributed by atoms with Crippen LogP contribution in [0.4, 0.5) is 5.13 Å². The first-order chi connectivity index (χ1) is 12.0. The van der Waals surface area contributed by atoms with Crippen molar-refractivity contribution in [1.29, 1.82) is 0 Å². The summed E-state index contributed by atoms with van der Waals surface area (Å²) >= 11 is 1.42. The van der Waals surface area contributed by atoms with Crippen LogP contribution in [0.5, 0.6) is 0 Å². The summed E-state index contributed by atoms with van der Waals surface area (Å²) in [4.78, 5) is 28.7. The lowest BCUT2D eigenvalue weighted by atomic mass is 10.1. The lowest BCUT2D eigenvalue weighted by molar-refractivity contribution is -0.116. The van der Waals surface area contributed by atoms with Crippen LogP contribution in [-0.4, -0.2) is 15.5 Å². The van der Waals surface area contributed by atoms with E-state index in [2.05, 4.69) is 16.4 Å². The van der Waals surface area contributed by atoms with Gasteiger partial charge in [-0.25, -0.2) is 9.78 Å². The Balaban J connectivity index is 1.60. The number of benzene rings is 2. The number of amides is 1. The van der Waals surface area contributed by atoms with E-state index in [-0.39, 0.29) is 12.5 Å². The molecule has 2 aromatic carbocycles. The van der Waals surface area contributed by atoms with Gasteiger partial charge in [-0.1, -0.05) is 23.5 Å². The van der Waals surface area contributed by atoms with Gasteiger partial charge in [0.25, 0.3) is 0 Å². The molecular weight excluding hydrogens is 338 g/mol. The molecule has 0 spiro atoms. The number of nitrogens with one attached hydrogen (secondary N) is 1. The Labute approximate surface area is 146 Å². The van der Waals surface area contributed by atoms with E-state index in [9.17, 15) is 9.59 Å². The van der Waals surface area contributed by atoms with Gasteiger partial charge in [-0.2, -0.15) is 0 Å². The van der Waals surface area contributed by atoms with E-state index >= 15 is 0 Å². The molecule has 1 N–H and O–H groups in total. The summed E-state index contributed by atoms with van der Waals surface area (Å²) < 4.78 is 7.47. The van der Waals surface area contributed by atoms with Gasteiger partial charge >= 0.3 is 5.76 Å². The van der Waals surface area contributed by atoms with Gasteiger partial charge in [-0.15, -0.1) is 0 Å². The number of para-hydroxylation sites is 2. The highest BCUT2D eigenvalue weighted by molar-refractivity contribution is 7.22. The lowest BCUT2D eigenvalue weighted by Crippen LogP contribution is -2.24. The van der Waals surface area contributed by atoms with E-state index in [1.54, 1.807) is 24.3 Å². The van der Waals surface area contributed by atoms with Crippen LogP contribution in [0.15, 0.2) is 45.6 Å². The second-order valence-corrected chi connectivity index (χ2v) is 6.92. The minimum absolute atomic E-state index is 0.121. The number of hydrogen-bond donors (Lipinski definition) is 1. The zero-order valence-electron chi connectivity index (χ0n) is 13.7. The van der Waals surface area contributed by atoms with Gasteiger partial charge in [0.2, 0.25) is 5.91 Å². The first-order valence-corrected chi connectivity index (χ1v) is 8.59. The fourth-order valence-electron chi connectivity index (χ4n) is 2.70. The number of rotatable bonds is 3. The minimum atomic E-state index is -0.549. The van der Waals surface area contributed by atoms with E-state index in [4.69, 9.17) is 4.42 Å². The monoisotopic (exact) mass is 353 g/mol. The van der Waals surface area contributed by atoms with Gasteiger partial charge in [-0.3, -0.25) is 9.36 Å². The molecule has 0 saturated carbocycles. The largest absolute Gasteiger partial charge is 0.420 e. The molecule has 0 bridgehead atoms. The summed E-state index contributed by atoms with van der Waals surface area (Å²) in [6.07, 6.45) is 0. The van der Waals surface area contributed by atoms with Crippen molar-refractivity contribution in [2.75, 3.05) is 5.32 Å². The van der Waals surface area contributed by atoms with Crippen molar-refractivity contribution < 1.29 is 9.21 Å². The fourth-order valence-corrected chi connectivity index (χ4v) is 3.66. The van der Waals surface area contributed by atoms with Gasteiger partial charge in [0.15, 0.2) is 10.7 Å². The summed E-state index contributed by atoms with van der Waals surface area (Å²) in [5, 5.41) is 3.29. The molecule has 6 nitrogen and oxygen atoms in total. The number of aryl methyl sites for hydroxylation is 2. The van der Waals surface area contributed by atoms with E-state index in [1.807, 2.05) is 19.9 Å². The van der Waals surface area contributed by atoms with E-state index in [0.717, 1.165) is 15.8 Å². The molecule has 0 atom stereocenters. The Morgan fingerprint density at radius 1 is 1.24 bits per heavy atom. The van der Waals surface area contributed by atoms with Crippen LogP contribution < -0.4 is 11.1 Å². The molecule has 1 amide bonds. The molecule has 0 aliphatic rings. The molecule has 4 rings (SSSR count). The van der Waals surface area contributed by atoms with Crippen LogP contribution in [0.1, 0.15) is 11.1 Å². The third kappa shape index (κ3) is 2.83. The lowest BCUT2D eigenvalue weighted by Gasteiger charge is -2.02. The Morgan fingerprint density at radius 3 is 2.84 bits per heavy atom. The highest BCUT2D eigenvalue weighted by Crippen LogP contribution is 2.28. The standard InChI is InChI=1S/C18H15N3O3S/c1-10-7-12-15(8-11(10)2)25-17(19-12)20-16(22)9-21-13-5-3-4-6-14(13)24-18(21)23/h3-8H,9H2,1-2H3,(H,19,20,22). The smallest absolute Gasteiger partial charge is 0.408 e. The third-order valence-corrected chi connectivity index (χ3v) is 5.06. The molecule has 0 saturated heterocycles. The molecular formula is C18H15N3O3S. The SMILES string of the molecule is Cc1cc2nc(NC(=O)Cn3c(=O)oc4ccccc43)sc2cc1C. The first kappa shape index (κ1) is 15.6. The average molecular weight is 353 g/mol. The molecule has 0 unspecified atom stereocenters. The molecule has 0 radical (unpaired) electrons. The van der Waals surface area contributed by atoms with Crippen LogP contribution in [0, 0.1) is 13.8 Å². The maximum absolute atomic E-state index is 12.3. The first-order valence-electron chi connectivity index (χ1n) is 7.77. The maximum Gasteiger partial charge on any atom is 0.420 e. The fraction of sp³-hybridized carbons (Fsp3) is 0.167. The molecule has 2 aromatic heterocycles. The molecule has 7 heteroatoms. The second-order valence-electron chi connectivity index (χ2n) is 5.89. The molecule has 4 aromatic rings. The van der Waals surface area contributed by atoms with Crippen LogP contribution in [-0.2, 0) is 11.3 Å². The predicted octanol–water partition coefficient (Wildman–Crippen LogP) is 3.46. The quantitative estimate of drug-likeness (QED) is 0.612. The normalized spacial score (nSPS) is 11.3. The summed E-state index contributed by atoms with van der Waals surface area (Å²) in [6, 6.07) is 11.1. The number of oxazole rings is 1. The minimum Gasteiger partial charge on any atom is -0.408 e. The number of hydrogen-bond acceptors (Lipinski definition) is 5. The van der Waals surface area contributed by atoms with Crippen molar-refractivity contribution in [3.63, 3.8) is 0 Å². The number of carbonyl (C=O) groups excluding carboxylic acids is 1. The molecule has 0 aliphatic heterocycles. The van der Waals surface area contributed by atoms with E-state index < -0.39 is 5.76 Å². The van der Waals surface area contributed by atoms with Crippen molar-refractivity contribution in [3.8, 4) is 0 Å². The number of anilines is 1. The van der Waals surface area contributed by atoms with Crippen molar-refractivity contribution in [2.45, 2.75) is 20.4 Å². The number of aromatic nitrogens is 2. The maximum atomic E-state index is 12.3. The Morgan fingerprint density at radius 2 is 2.00 bits per heavy atom. The van der Waals surface area contributed by atoms with Gasteiger partial charge in [0.1, 0.15) is 6.54 Å². The third-order valence-electron chi connectivity index (χ3n) is 4.13. The van der Waals surface area contributed by atoms with Crippen LogP contribution >= 0.6 is 11.3 Å². The highest BCUT2D eigenvalue weighted by atomic mass is 32.1. The summed E-state index contributed by atoms with van der Waals surface area (Å²) in [6.45, 7) is 3.95. The van der Waals surface area contributed by atoms with Gasteiger partial charge in [0.05, 0.1) is 15.7 Å². The number of thiazole rings is 1. The van der Waals surface area contributed by atoms with Crippen LogP contribution in [0.3, 0.4) is 0 Å². The van der Waals surface area contributed by atoms with Crippen LogP contribution in [0.2, 0.25) is 0 Å². The topological polar surface area (TPSA) is 77.1 Å². The van der Waals surface area contributed by atoms with E-state index in [0.29, 0.717) is 16.2 Å². The van der Waals surface area contributed by atoms with Crippen molar-refractivity contribution in [3.05, 3.63) is 58.1 Å². The van der Waals surface area contributed by atoms with Gasteiger partial charge in [0, 0.05) is 0 Å². The number of nitrogens with zero attached hydrogens (tertiary/aromatic N) is 2. The zero-order valence-corrected chi connectivity index (χ0v) is 14.5. The van der Waals surface area contributed by atoms with Gasteiger partial charge in [-0.05, 0) is 49.2 Å². The van der Waals surface area contributed by atoms with Crippen LogP contribution in [0.25, 0.3) is 21.3 Å². The average Bonchev–Trinajstić information content (AvgIpc) is 3.08. The number of carbonyl (C=O) groups is 1. The molecule has 2 heterocycles. The van der Waals surface area contributed by atoms with Crippen molar-refractivity contribution in [2.24, 2.45) is 0 Å². The van der Waals surface area contributed by atoms with Gasteiger partial charge < -0.3 is 9.73 Å². The molecule has 0 aliphatic carbocycles. The Bertz CT molecular complexity index is 1130. The Kier molecular flexibility index (Phi) is 3.65. The summed E-state index contributed by atoms with van der Waals surface area (Å²) in [5.41, 5.74) is 4.26. The second kappa shape index (κ2) is 5.86.